The molecule has 0 radical (unpaired) electrons. The van der Waals surface area contributed by atoms with E-state index in [0.717, 1.165) is 47.0 Å². The van der Waals surface area contributed by atoms with E-state index in [0.29, 0.717) is 11.1 Å². The number of halogens is 4. The van der Waals surface area contributed by atoms with Crippen LogP contribution < -0.4 is 0 Å². The first-order chi connectivity index (χ1) is 20.0. The Morgan fingerprint density at radius 1 is 1.05 bits per heavy atom. The molecule has 3 aromatic carbocycles. The smallest absolute Gasteiger partial charge is 0.434 e. The predicted molar refractivity (Wildman–Crippen MR) is 148 cm³/mol. The number of fused-ring (bicyclic) bond motifs is 1. The van der Waals surface area contributed by atoms with Crippen LogP contribution in [-0.4, -0.2) is 37.0 Å². The van der Waals surface area contributed by atoms with Crippen LogP contribution in [0.2, 0.25) is 5.15 Å². The summed E-state index contributed by atoms with van der Waals surface area (Å²) in [7, 11) is 0. The van der Waals surface area contributed by atoms with Crippen LogP contribution in [0.15, 0.2) is 85.1 Å². The maximum atomic E-state index is 14.5. The molecule has 2 heterocycles. The Bertz CT molecular complexity index is 1780. The van der Waals surface area contributed by atoms with Crippen molar-refractivity contribution < 1.29 is 27.6 Å². The van der Waals surface area contributed by atoms with Crippen LogP contribution in [0, 0.1) is 10.1 Å². The molecule has 0 spiro atoms. The molecule has 0 saturated carbocycles. The number of nitro benzene ring substituents is 1. The van der Waals surface area contributed by atoms with Gasteiger partial charge in [-0.1, -0.05) is 66.2 Å². The molecular weight excluding hydrogens is 575 g/mol. The minimum absolute atomic E-state index is 0.0474. The summed E-state index contributed by atoms with van der Waals surface area (Å²) in [4.78, 5) is 27.3. The van der Waals surface area contributed by atoms with E-state index in [9.17, 15) is 28.1 Å². The number of nitro groups is 1. The highest BCUT2D eigenvalue weighted by Crippen LogP contribution is 2.44. The molecule has 9 nitrogen and oxygen atoms in total. The van der Waals surface area contributed by atoms with E-state index in [1.165, 1.54) is 11.6 Å². The molecule has 0 fully saturated rings. The van der Waals surface area contributed by atoms with Crippen molar-refractivity contribution in [3.8, 4) is 11.1 Å². The normalized spacial score (nSPS) is 13.1. The standard InChI is InChI=1S/C29H21ClF3N5O4/c1-2-28(29(31,32)33,42-27(39)20-9-11-21(12-10-20)38(40)41)25-17-37(36-35-25)16-18-8-13-22-23(19-6-4-3-5-7-19)15-26(30)34-24(22)14-18/h3-15,17H,2,16H2,1H3. The van der Waals surface area contributed by atoms with Crippen molar-refractivity contribution in [2.24, 2.45) is 0 Å². The number of non-ortho nitro benzene ring substituents is 1. The summed E-state index contributed by atoms with van der Waals surface area (Å²) >= 11 is 6.29. The maximum absolute atomic E-state index is 14.5. The first-order valence-corrected chi connectivity index (χ1v) is 13.0. The van der Waals surface area contributed by atoms with E-state index in [1.54, 1.807) is 18.2 Å². The highest BCUT2D eigenvalue weighted by molar-refractivity contribution is 6.30. The zero-order valence-corrected chi connectivity index (χ0v) is 22.6. The van der Waals surface area contributed by atoms with Gasteiger partial charge in [-0.3, -0.25) is 10.1 Å². The van der Waals surface area contributed by atoms with E-state index in [-0.39, 0.29) is 22.9 Å². The molecule has 0 saturated heterocycles. The molecule has 0 bridgehead atoms. The molecule has 13 heteroatoms. The molecule has 1 unspecified atom stereocenters. The zero-order chi connectivity index (χ0) is 30.1. The fraction of sp³-hybridized carbons (Fsp3) is 0.172. The van der Waals surface area contributed by atoms with Crippen LogP contribution >= 0.6 is 11.6 Å². The van der Waals surface area contributed by atoms with Crippen LogP contribution in [0.5, 0.6) is 0 Å². The average Bonchev–Trinajstić information content (AvgIpc) is 3.43. The van der Waals surface area contributed by atoms with Gasteiger partial charge in [-0.05, 0) is 47.4 Å². The fourth-order valence-corrected chi connectivity index (χ4v) is 4.79. The third-order valence-corrected chi connectivity index (χ3v) is 6.95. The first-order valence-electron chi connectivity index (χ1n) is 12.6. The van der Waals surface area contributed by atoms with Crippen molar-refractivity contribution in [3.05, 3.63) is 117 Å². The number of esters is 1. The summed E-state index contributed by atoms with van der Waals surface area (Å²) in [6.45, 7) is 1.25. The molecular formula is C29H21ClF3N5O4. The van der Waals surface area contributed by atoms with Gasteiger partial charge in [0, 0.05) is 17.5 Å². The molecule has 214 valence electrons. The van der Waals surface area contributed by atoms with Gasteiger partial charge in [0.15, 0.2) is 0 Å². The Morgan fingerprint density at radius 2 is 1.76 bits per heavy atom. The van der Waals surface area contributed by atoms with E-state index in [2.05, 4.69) is 15.3 Å². The number of benzene rings is 3. The largest absolute Gasteiger partial charge is 0.439 e. The second kappa shape index (κ2) is 11.2. The van der Waals surface area contributed by atoms with Crippen molar-refractivity contribution in [2.45, 2.75) is 31.7 Å². The van der Waals surface area contributed by atoms with Gasteiger partial charge in [0.2, 0.25) is 0 Å². The number of hydrogen-bond acceptors (Lipinski definition) is 7. The van der Waals surface area contributed by atoms with Crippen molar-refractivity contribution in [1.82, 2.24) is 20.0 Å². The third kappa shape index (κ3) is 5.53. The molecule has 0 aliphatic heterocycles. The first kappa shape index (κ1) is 28.7. The summed E-state index contributed by atoms with van der Waals surface area (Å²) < 4.78 is 49.7. The topological polar surface area (TPSA) is 113 Å². The van der Waals surface area contributed by atoms with Crippen LogP contribution in [0.25, 0.3) is 22.0 Å². The van der Waals surface area contributed by atoms with Gasteiger partial charge >= 0.3 is 12.1 Å². The highest BCUT2D eigenvalue weighted by Gasteiger charge is 2.60. The summed E-state index contributed by atoms with van der Waals surface area (Å²) in [6, 6.07) is 20.9. The molecule has 5 rings (SSSR count). The Balaban J connectivity index is 1.44. The fourth-order valence-electron chi connectivity index (χ4n) is 4.59. The van der Waals surface area contributed by atoms with Gasteiger partial charge in [0.1, 0.15) is 10.8 Å². The van der Waals surface area contributed by atoms with Crippen molar-refractivity contribution >= 4 is 34.2 Å². The summed E-state index contributed by atoms with van der Waals surface area (Å²) in [5.41, 5.74) is -1.23. The summed E-state index contributed by atoms with van der Waals surface area (Å²) in [5, 5.41) is 19.6. The number of pyridine rings is 1. The lowest BCUT2D eigenvalue weighted by atomic mass is 9.95. The van der Waals surface area contributed by atoms with Crippen molar-refractivity contribution in [2.75, 3.05) is 0 Å². The van der Waals surface area contributed by atoms with Crippen LogP contribution in [0.4, 0.5) is 18.9 Å². The molecule has 42 heavy (non-hydrogen) atoms. The van der Waals surface area contributed by atoms with Gasteiger partial charge < -0.3 is 4.74 Å². The average molecular weight is 596 g/mol. The van der Waals surface area contributed by atoms with E-state index in [1.807, 2.05) is 36.4 Å². The van der Waals surface area contributed by atoms with Gasteiger partial charge in [0.25, 0.3) is 11.3 Å². The Kier molecular flexibility index (Phi) is 7.65. The SMILES string of the molecule is CCC(OC(=O)c1ccc([N+](=O)[O-])cc1)(c1cn(Cc2ccc3c(-c4ccccc4)cc(Cl)nc3c2)nn1)C(F)(F)F. The molecule has 5 aromatic rings. The summed E-state index contributed by atoms with van der Waals surface area (Å²) in [6.07, 6.45) is -4.66. The van der Waals surface area contributed by atoms with Crippen molar-refractivity contribution in [3.63, 3.8) is 0 Å². The lowest BCUT2D eigenvalue weighted by molar-refractivity contribution is -0.384. The maximum Gasteiger partial charge on any atom is 0.434 e. The van der Waals surface area contributed by atoms with Crippen molar-refractivity contribution in [1.29, 1.82) is 0 Å². The predicted octanol–water partition coefficient (Wildman–Crippen LogP) is 7.13. The third-order valence-electron chi connectivity index (χ3n) is 6.76. The quantitative estimate of drug-likeness (QED) is 0.0811. The molecule has 0 aliphatic carbocycles. The Hall–Kier alpha value is -4.84. The van der Waals surface area contributed by atoms with Crippen LogP contribution in [0.3, 0.4) is 0 Å². The number of carbonyl (C=O) groups is 1. The monoisotopic (exact) mass is 595 g/mol. The van der Waals surface area contributed by atoms with Gasteiger partial charge in [-0.25, -0.2) is 14.5 Å². The number of carbonyl (C=O) groups excluding carboxylic acids is 1. The second-order valence-corrected chi connectivity index (χ2v) is 9.77. The number of nitrogens with zero attached hydrogens (tertiary/aromatic N) is 5. The molecule has 0 aliphatic rings. The summed E-state index contributed by atoms with van der Waals surface area (Å²) in [5.74, 6) is -1.31. The minimum Gasteiger partial charge on any atom is -0.439 e. The molecule has 2 aromatic heterocycles. The molecule has 1 atom stereocenters. The van der Waals surface area contributed by atoms with Gasteiger partial charge in [-0.15, -0.1) is 5.10 Å². The van der Waals surface area contributed by atoms with Gasteiger partial charge in [-0.2, -0.15) is 13.2 Å². The molecule has 0 amide bonds. The molecule has 0 N–H and O–H groups in total. The van der Waals surface area contributed by atoms with E-state index < -0.39 is 34.8 Å². The van der Waals surface area contributed by atoms with E-state index >= 15 is 0 Å². The Labute approximate surface area is 241 Å². The van der Waals surface area contributed by atoms with Gasteiger partial charge in [0.05, 0.1) is 28.7 Å². The highest BCUT2D eigenvalue weighted by atomic mass is 35.5. The minimum atomic E-state index is -5.05. The Morgan fingerprint density at radius 3 is 2.40 bits per heavy atom. The van der Waals surface area contributed by atoms with Crippen LogP contribution in [0.1, 0.15) is 35.0 Å². The lowest BCUT2D eigenvalue weighted by Gasteiger charge is -2.32. The lowest BCUT2D eigenvalue weighted by Crippen LogP contribution is -2.46. The zero-order valence-electron chi connectivity index (χ0n) is 21.9. The number of ether oxygens (including phenoxy) is 1. The van der Waals surface area contributed by atoms with E-state index in [4.69, 9.17) is 16.3 Å². The second-order valence-electron chi connectivity index (χ2n) is 9.38. The number of hydrogen-bond donors (Lipinski definition) is 0. The number of rotatable bonds is 8. The number of aromatic nitrogens is 4. The van der Waals surface area contributed by atoms with Crippen LogP contribution in [-0.2, 0) is 16.9 Å². The number of alkyl halides is 3.